The number of carbonyl (C=O) groups is 1. The molecule has 0 saturated heterocycles. The average molecular weight is 268 g/mol. The van der Waals surface area contributed by atoms with Gasteiger partial charge in [0.25, 0.3) is 0 Å². The van der Waals surface area contributed by atoms with E-state index in [0.29, 0.717) is 0 Å². The maximum Gasteiger partial charge on any atom is 0.409 e. The molecule has 0 aliphatic carbocycles. The molecule has 1 N–H and O–H groups in total. The van der Waals surface area contributed by atoms with Crippen molar-refractivity contribution in [2.24, 2.45) is 0 Å². The van der Waals surface area contributed by atoms with Gasteiger partial charge in [-0.1, -0.05) is 30.3 Å². The van der Waals surface area contributed by atoms with E-state index >= 15 is 0 Å². The van der Waals surface area contributed by atoms with E-state index in [9.17, 15) is 26.7 Å². The third kappa shape index (κ3) is 2.44. The normalized spacial score (nSPS) is 15.4. The van der Waals surface area contributed by atoms with Crippen LogP contribution in [0.25, 0.3) is 0 Å². The van der Waals surface area contributed by atoms with Gasteiger partial charge in [-0.05, 0) is 5.56 Å². The van der Waals surface area contributed by atoms with Crippen LogP contribution in [0.1, 0.15) is 12.0 Å². The lowest BCUT2D eigenvalue weighted by atomic mass is 9.77. The lowest BCUT2D eigenvalue weighted by Gasteiger charge is -2.31. The first-order valence-electron chi connectivity index (χ1n) is 4.85. The van der Waals surface area contributed by atoms with Gasteiger partial charge in [-0.3, -0.25) is 4.79 Å². The Morgan fingerprint density at radius 2 is 1.67 bits per heavy atom. The van der Waals surface area contributed by atoms with Crippen LogP contribution in [-0.2, 0) is 10.2 Å². The summed E-state index contributed by atoms with van der Waals surface area (Å²) in [6.45, 7) is 0. The van der Waals surface area contributed by atoms with Gasteiger partial charge in [0.1, 0.15) is 0 Å². The number of rotatable bonds is 4. The zero-order valence-corrected chi connectivity index (χ0v) is 8.92. The van der Waals surface area contributed by atoms with Crippen LogP contribution in [0.5, 0.6) is 0 Å². The molecule has 0 radical (unpaired) electrons. The van der Waals surface area contributed by atoms with Gasteiger partial charge in [0, 0.05) is 6.42 Å². The molecule has 7 heteroatoms. The van der Waals surface area contributed by atoms with Crippen LogP contribution in [0.3, 0.4) is 0 Å². The Hall–Kier alpha value is -1.66. The maximum absolute atomic E-state index is 13.0. The summed E-state index contributed by atoms with van der Waals surface area (Å²) in [5.41, 5.74) is -4.28. The predicted octanol–water partition coefficient (Wildman–Crippen LogP) is 3.23. The molecule has 0 saturated carbocycles. The molecule has 1 rings (SSSR count). The first-order chi connectivity index (χ1) is 8.22. The summed E-state index contributed by atoms with van der Waals surface area (Å²) in [5.74, 6) is -2.33. The van der Waals surface area contributed by atoms with Crippen molar-refractivity contribution in [2.45, 2.75) is 24.4 Å². The standard InChI is InChI=1S/C11H9F5O2/c12-8(13)6-10(9(17)18,11(14,15)16)7-4-2-1-3-5-7/h1-5,8H,6H2,(H,17,18). The molecule has 1 aromatic carbocycles. The molecule has 18 heavy (non-hydrogen) atoms. The second-order valence-electron chi connectivity index (χ2n) is 3.67. The molecular formula is C11H9F5O2. The highest BCUT2D eigenvalue weighted by Gasteiger charge is 2.62. The number of alkyl halides is 5. The minimum absolute atomic E-state index is 0.703. The summed E-state index contributed by atoms with van der Waals surface area (Å²) in [5, 5.41) is 8.81. The maximum atomic E-state index is 13.0. The van der Waals surface area contributed by atoms with Crippen LogP contribution >= 0.6 is 0 Å². The summed E-state index contributed by atoms with van der Waals surface area (Å²) in [6.07, 6.45) is -10.5. The number of hydrogen-bond donors (Lipinski definition) is 1. The molecule has 0 aliphatic rings. The molecule has 100 valence electrons. The van der Waals surface area contributed by atoms with Crippen molar-refractivity contribution in [3.8, 4) is 0 Å². The minimum atomic E-state index is -5.31. The topological polar surface area (TPSA) is 37.3 Å². The van der Waals surface area contributed by atoms with Gasteiger partial charge in [-0.15, -0.1) is 0 Å². The fourth-order valence-electron chi connectivity index (χ4n) is 1.68. The molecule has 0 amide bonds. The minimum Gasteiger partial charge on any atom is -0.480 e. The SMILES string of the molecule is O=C(O)C(CC(F)F)(c1ccccc1)C(F)(F)F. The number of hydrogen-bond acceptors (Lipinski definition) is 1. The van der Waals surface area contributed by atoms with Crippen molar-refractivity contribution in [3.05, 3.63) is 35.9 Å². The third-order valence-corrected chi connectivity index (χ3v) is 2.58. The molecule has 0 heterocycles. The monoisotopic (exact) mass is 268 g/mol. The second-order valence-corrected chi connectivity index (χ2v) is 3.67. The van der Waals surface area contributed by atoms with Crippen LogP contribution in [-0.4, -0.2) is 23.7 Å². The molecule has 0 aromatic heterocycles. The van der Waals surface area contributed by atoms with E-state index < -0.39 is 36.0 Å². The molecule has 1 atom stereocenters. The van der Waals surface area contributed by atoms with E-state index in [1.54, 1.807) is 0 Å². The number of carboxylic acid groups (broad SMARTS) is 1. The molecular weight excluding hydrogens is 259 g/mol. The van der Waals surface area contributed by atoms with Gasteiger partial charge in [-0.2, -0.15) is 13.2 Å². The molecule has 0 spiro atoms. The van der Waals surface area contributed by atoms with E-state index in [4.69, 9.17) is 5.11 Å². The number of benzene rings is 1. The number of halogens is 5. The van der Waals surface area contributed by atoms with Gasteiger partial charge < -0.3 is 5.11 Å². The van der Waals surface area contributed by atoms with Crippen LogP contribution in [0, 0.1) is 0 Å². The summed E-state index contributed by atoms with van der Waals surface area (Å²) in [4.78, 5) is 11.0. The van der Waals surface area contributed by atoms with Gasteiger partial charge in [0.2, 0.25) is 6.43 Å². The summed E-state index contributed by atoms with van der Waals surface area (Å²) < 4.78 is 63.6. The zero-order chi connectivity index (χ0) is 14.0. The summed E-state index contributed by atoms with van der Waals surface area (Å²) in [7, 11) is 0. The van der Waals surface area contributed by atoms with Crippen LogP contribution in [0.4, 0.5) is 22.0 Å². The van der Waals surface area contributed by atoms with Gasteiger partial charge in [0.15, 0.2) is 5.41 Å². The van der Waals surface area contributed by atoms with Crippen molar-refractivity contribution in [2.75, 3.05) is 0 Å². The first-order valence-corrected chi connectivity index (χ1v) is 4.85. The Bertz CT molecular complexity index is 415. The molecule has 2 nitrogen and oxygen atoms in total. The molecule has 1 unspecified atom stereocenters. The van der Waals surface area contributed by atoms with Crippen LogP contribution in [0.15, 0.2) is 30.3 Å². The van der Waals surface area contributed by atoms with Crippen molar-refractivity contribution in [3.63, 3.8) is 0 Å². The molecule has 0 bridgehead atoms. The summed E-state index contributed by atoms with van der Waals surface area (Å²) >= 11 is 0. The predicted molar refractivity (Wildman–Crippen MR) is 52.4 cm³/mol. The fraction of sp³-hybridized carbons (Fsp3) is 0.364. The van der Waals surface area contributed by atoms with E-state index in [-0.39, 0.29) is 0 Å². The average Bonchev–Trinajstić information content (AvgIpc) is 2.24. The van der Waals surface area contributed by atoms with Gasteiger partial charge in [0.05, 0.1) is 0 Å². The van der Waals surface area contributed by atoms with Crippen molar-refractivity contribution in [1.29, 1.82) is 0 Å². The number of carboxylic acids is 1. The van der Waals surface area contributed by atoms with E-state index in [1.165, 1.54) is 18.2 Å². The van der Waals surface area contributed by atoms with Crippen molar-refractivity contribution >= 4 is 5.97 Å². The highest BCUT2D eigenvalue weighted by Crippen LogP contribution is 2.45. The Labute approximate surface area is 99.0 Å². The molecule has 0 fully saturated rings. The van der Waals surface area contributed by atoms with E-state index in [1.807, 2.05) is 0 Å². The van der Waals surface area contributed by atoms with E-state index in [2.05, 4.69) is 0 Å². The van der Waals surface area contributed by atoms with Crippen LogP contribution in [0.2, 0.25) is 0 Å². The fourth-order valence-corrected chi connectivity index (χ4v) is 1.68. The van der Waals surface area contributed by atoms with Crippen molar-refractivity contribution in [1.82, 2.24) is 0 Å². The number of aliphatic carboxylic acids is 1. The molecule has 0 aliphatic heterocycles. The Balaban J connectivity index is 3.45. The highest BCUT2D eigenvalue weighted by atomic mass is 19.4. The van der Waals surface area contributed by atoms with Gasteiger partial charge in [-0.25, -0.2) is 8.78 Å². The molecule has 1 aromatic rings. The largest absolute Gasteiger partial charge is 0.480 e. The lowest BCUT2D eigenvalue weighted by Crippen LogP contribution is -2.50. The van der Waals surface area contributed by atoms with E-state index in [0.717, 1.165) is 12.1 Å². The second kappa shape index (κ2) is 4.91. The summed E-state index contributed by atoms with van der Waals surface area (Å²) in [6, 6.07) is 5.47. The highest BCUT2D eigenvalue weighted by molar-refractivity contribution is 5.82. The van der Waals surface area contributed by atoms with Crippen LogP contribution < -0.4 is 0 Å². The Kier molecular flexibility index (Phi) is 3.93. The first kappa shape index (κ1) is 14.4. The van der Waals surface area contributed by atoms with Crippen molar-refractivity contribution < 1.29 is 31.9 Å². The third-order valence-electron chi connectivity index (χ3n) is 2.58. The quantitative estimate of drug-likeness (QED) is 0.851. The smallest absolute Gasteiger partial charge is 0.409 e. The zero-order valence-electron chi connectivity index (χ0n) is 8.92. The Morgan fingerprint density at radius 1 is 1.17 bits per heavy atom. The Morgan fingerprint density at radius 3 is 2.00 bits per heavy atom. The lowest BCUT2D eigenvalue weighted by molar-refractivity contribution is -0.213. The van der Waals surface area contributed by atoms with Gasteiger partial charge >= 0.3 is 12.1 Å².